The van der Waals surface area contributed by atoms with Crippen LogP contribution in [0.2, 0.25) is 0 Å². The van der Waals surface area contributed by atoms with Crippen molar-refractivity contribution in [3.63, 3.8) is 0 Å². The number of carbonyl (C=O) groups is 3. The second-order valence-electron chi connectivity index (χ2n) is 8.19. The number of allylic oxidation sites excluding steroid dienone is 2. The van der Waals surface area contributed by atoms with E-state index in [0.717, 1.165) is 25.9 Å². The Labute approximate surface area is 160 Å². The molecule has 1 aromatic carbocycles. The van der Waals surface area contributed by atoms with Gasteiger partial charge in [0.2, 0.25) is 11.8 Å². The molecule has 2 heterocycles. The molecule has 4 rings (SSSR count). The normalized spacial score (nSPS) is 28.6. The van der Waals surface area contributed by atoms with Crippen LogP contribution in [0, 0.1) is 23.7 Å². The lowest BCUT2D eigenvalue weighted by molar-refractivity contribution is -0.122. The maximum Gasteiger partial charge on any atom is 0.253 e. The number of carbonyl (C=O) groups excluding carboxylic acids is 3. The molecule has 3 amide bonds. The Morgan fingerprint density at radius 1 is 1.00 bits per heavy atom. The molecule has 1 aromatic rings. The first-order valence-electron chi connectivity index (χ1n) is 9.91. The summed E-state index contributed by atoms with van der Waals surface area (Å²) in [4.78, 5) is 41.5. The van der Waals surface area contributed by atoms with Crippen LogP contribution in [0.15, 0.2) is 36.4 Å². The lowest BCUT2D eigenvalue weighted by Crippen LogP contribution is -2.38. The summed E-state index contributed by atoms with van der Waals surface area (Å²) in [7, 11) is 0. The number of fused-ring (bicyclic) bond motifs is 1. The number of anilines is 1. The van der Waals surface area contributed by atoms with Crippen molar-refractivity contribution in [1.82, 2.24) is 4.90 Å². The summed E-state index contributed by atoms with van der Waals surface area (Å²) in [6, 6.07) is 6.93. The zero-order valence-corrected chi connectivity index (χ0v) is 15.9. The van der Waals surface area contributed by atoms with E-state index in [4.69, 9.17) is 0 Å². The molecule has 0 saturated carbocycles. The molecular weight excluding hydrogens is 340 g/mol. The highest BCUT2D eigenvalue weighted by molar-refractivity contribution is 6.22. The molecule has 27 heavy (non-hydrogen) atoms. The quantitative estimate of drug-likeness (QED) is 0.596. The largest absolute Gasteiger partial charge is 0.339 e. The van der Waals surface area contributed by atoms with Crippen molar-refractivity contribution in [1.29, 1.82) is 0 Å². The van der Waals surface area contributed by atoms with Crippen LogP contribution in [-0.2, 0) is 9.59 Å². The Morgan fingerprint density at radius 2 is 1.67 bits per heavy atom. The Hall–Kier alpha value is -2.43. The van der Waals surface area contributed by atoms with Crippen LogP contribution in [-0.4, -0.2) is 35.7 Å². The summed E-state index contributed by atoms with van der Waals surface area (Å²) in [6.45, 7) is 5.79. The van der Waals surface area contributed by atoms with Gasteiger partial charge in [-0.15, -0.1) is 0 Å². The van der Waals surface area contributed by atoms with Gasteiger partial charge in [-0.25, -0.2) is 0 Å². The second-order valence-corrected chi connectivity index (χ2v) is 8.19. The van der Waals surface area contributed by atoms with Crippen LogP contribution in [0.25, 0.3) is 0 Å². The summed E-state index contributed by atoms with van der Waals surface area (Å²) in [5.41, 5.74) is 1.18. The predicted octanol–water partition coefficient (Wildman–Crippen LogP) is 3.26. The van der Waals surface area contributed by atoms with Gasteiger partial charge in [-0.2, -0.15) is 0 Å². The van der Waals surface area contributed by atoms with E-state index < -0.39 is 0 Å². The molecule has 2 fully saturated rings. The molecule has 0 spiro atoms. The maximum atomic E-state index is 12.9. The van der Waals surface area contributed by atoms with Gasteiger partial charge in [-0.05, 0) is 55.4 Å². The van der Waals surface area contributed by atoms with Crippen LogP contribution in [0.3, 0.4) is 0 Å². The second kappa shape index (κ2) is 6.95. The number of nitrogens with zero attached hydrogens (tertiary/aromatic N) is 2. The molecule has 5 heteroatoms. The molecule has 0 bridgehead atoms. The van der Waals surface area contributed by atoms with Gasteiger partial charge in [0.15, 0.2) is 0 Å². The number of amides is 3. The number of hydrogen-bond donors (Lipinski definition) is 0. The molecule has 3 aliphatic rings. The van der Waals surface area contributed by atoms with Gasteiger partial charge in [-0.1, -0.05) is 26.0 Å². The summed E-state index contributed by atoms with van der Waals surface area (Å²) < 4.78 is 0. The molecule has 3 atom stereocenters. The minimum Gasteiger partial charge on any atom is -0.339 e. The van der Waals surface area contributed by atoms with Crippen LogP contribution < -0.4 is 4.90 Å². The molecule has 0 aromatic heterocycles. The Morgan fingerprint density at radius 3 is 2.30 bits per heavy atom. The summed E-state index contributed by atoms with van der Waals surface area (Å²) in [5.74, 6) is 0.0140. The summed E-state index contributed by atoms with van der Waals surface area (Å²) in [6.07, 6.45) is 6.73. The van der Waals surface area contributed by atoms with Gasteiger partial charge in [0.1, 0.15) is 0 Å². The summed E-state index contributed by atoms with van der Waals surface area (Å²) >= 11 is 0. The monoisotopic (exact) mass is 366 g/mol. The van der Waals surface area contributed by atoms with E-state index >= 15 is 0 Å². The third-order valence-corrected chi connectivity index (χ3v) is 6.32. The van der Waals surface area contributed by atoms with Crippen molar-refractivity contribution in [2.45, 2.75) is 33.1 Å². The van der Waals surface area contributed by atoms with Gasteiger partial charge in [0, 0.05) is 18.7 Å². The van der Waals surface area contributed by atoms with Crippen molar-refractivity contribution < 1.29 is 14.4 Å². The molecule has 0 radical (unpaired) electrons. The zero-order chi connectivity index (χ0) is 19.1. The number of hydrogen-bond acceptors (Lipinski definition) is 3. The number of piperidine rings is 1. The van der Waals surface area contributed by atoms with Crippen molar-refractivity contribution in [2.75, 3.05) is 18.0 Å². The lowest BCUT2D eigenvalue weighted by Gasteiger charge is -2.30. The number of imide groups is 1. The average molecular weight is 366 g/mol. The summed E-state index contributed by atoms with van der Waals surface area (Å²) in [5, 5.41) is 0. The minimum atomic E-state index is -0.265. The molecule has 142 valence electrons. The lowest BCUT2D eigenvalue weighted by atomic mass is 9.78. The van der Waals surface area contributed by atoms with Crippen LogP contribution >= 0.6 is 0 Å². The van der Waals surface area contributed by atoms with Crippen molar-refractivity contribution in [3.05, 3.63) is 42.0 Å². The van der Waals surface area contributed by atoms with Gasteiger partial charge < -0.3 is 4.90 Å². The van der Waals surface area contributed by atoms with E-state index in [2.05, 4.69) is 6.92 Å². The number of rotatable bonds is 2. The Balaban J connectivity index is 1.52. The third-order valence-electron chi connectivity index (χ3n) is 6.32. The third kappa shape index (κ3) is 3.09. The highest BCUT2D eigenvalue weighted by Gasteiger charge is 2.50. The van der Waals surface area contributed by atoms with Crippen LogP contribution in [0.5, 0.6) is 0 Å². The van der Waals surface area contributed by atoms with Gasteiger partial charge in [-0.3, -0.25) is 19.3 Å². The fourth-order valence-electron chi connectivity index (χ4n) is 4.55. The van der Waals surface area contributed by atoms with E-state index in [-0.39, 0.29) is 35.5 Å². The fourth-order valence-corrected chi connectivity index (χ4v) is 4.55. The zero-order valence-electron chi connectivity index (χ0n) is 15.9. The SMILES string of the molecule is CC1CCN(C(=O)c2ccc(N3C(=O)[C@H]4[C@H](C)C=CC[C@H]4C3=O)cc2)CC1. The smallest absolute Gasteiger partial charge is 0.253 e. The van der Waals surface area contributed by atoms with E-state index in [1.54, 1.807) is 24.3 Å². The number of benzene rings is 1. The first-order chi connectivity index (χ1) is 13.0. The topological polar surface area (TPSA) is 57.7 Å². The predicted molar refractivity (Wildman–Crippen MR) is 103 cm³/mol. The maximum absolute atomic E-state index is 12.9. The van der Waals surface area contributed by atoms with E-state index in [1.165, 1.54) is 4.90 Å². The van der Waals surface area contributed by atoms with E-state index in [1.807, 2.05) is 24.0 Å². The van der Waals surface area contributed by atoms with Crippen molar-refractivity contribution >= 4 is 23.4 Å². The van der Waals surface area contributed by atoms with E-state index in [0.29, 0.717) is 23.6 Å². The fraction of sp³-hybridized carbons (Fsp3) is 0.500. The molecule has 1 aliphatic carbocycles. The first-order valence-corrected chi connectivity index (χ1v) is 9.91. The first kappa shape index (κ1) is 18.0. The Bertz CT molecular complexity index is 790. The highest BCUT2D eigenvalue weighted by atomic mass is 16.2. The van der Waals surface area contributed by atoms with Crippen LogP contribution in [0.1, 0.15) is 43.5 Å². The number of likely N-dealkylation sites (tertiary alicyclic amines) is 1. The molecule has 2 saturated heterocycles. The molecule has 0 unspecified atom stereocenters. The molecule has 5 nitrogen and oxygen atoms in total. The average Bonchev–Trinajstić information content (AvgIpc) is 2.94. The van der Waals surface area contributed by atoms with Crippen molar-refractivity contribution in [3.8, 4) is 0 Å². The minimum absolute atomic E-state index is 0.0269. The molecular formula is C22H26N2O3. The van der Waals surface area contributed by atoms with Crippen molar-refractivity contribution in [2.24, 2.45) is 23.7 Å². The highest BCUT2D eigenvalue weighted by Crippen LogP contribution is 2.40. The Kier molecular flexibility index (Phi) is 4.62. The van der Waals surface area contributed by atoms with E-state index in [9.17, 15) is 14.4 Å². The molecule has 2 aliphatic heterocycles. The van der Waals surface area contributed by atoms with Crippen LogP contribution in [0.4, 0.5) is 5.69 Å². The standard InChI is InChI=1S/C22H26N2O3/c1-14-10-12-23(13-11-14)20(25)16-6-8-17(9-7-16)24-21(26)18-5-3-4-15(2)19(18)22(24)27/h3-4,6-9,14-15,18-19H,5,10-13H2,1-2H3/t15-,18-,19+/m1/s1. The van der Waals surface area contributed by atoms with Gasteiger partial charge >= 0.3 is 0 Å². The van der Waals surface area contributed by atoms with Gasteiger partial charge in [0.05, 0.1) is 17.5 Å². The van der Waals surface area contributed by atoms with Gasteiger partial charge in [0.25, 0.3) is 5.91 Å². The molecule has 0 N–H and O–H groups in total.